The zero-order valence-corrected chi connectivity index (χ0v) is 8.23. The first-order valence-corrected chi connectivity index (χ1v) is 4.44. The van der Waals surface area contributed by atoms with Crippen molar-refractivity contribution in [2.45, 2.75) is 0 Å². The van der Waals surface area contributed by atoms with E-state index in [0.717, 1.165) is 16.7 Å². The Morgan fingerprint density at radius 2 is 2.20 bits per heavy atom. The normalized spacial score (nSPS) is 10.2. The Kier molecular flexibility index (Phi) is 2.25. The number of ether oxygens (including phenoxy) is 1. The largest absolute Gasteiger partial charge is 0.497 e. The second-order valence-corrected chi connectivity index (χ2v) is 3.15. The van der Waals surface area contributed by atoms with Gasteiger partial charge in [0.15, 0.2) is 0 Å². The van der Waals surface area contributed by atoms with Gasteiger partial charge < -0.3 is 10.5 Å². The first kappa shape index (κ1) is 9.45. The molecule has 2 aromatic rings. The number of hydrogen-bond donors (Lipinski definition) is 1. The van der Waals surface area contributed by atoms with Crippen LogP contribution >= 0.6 is 0 Å². The lowest BCUT2D eigenvalue weighted by molar-refractivity contribution is 0.1000. The molecule has 0 saturated carbocycles. The lowest BCUT2D eigenvalue weighted by Crippen LogP contribution is -2.10. The quantitative estimate of drug-likeness (QED) is 0.799. The summed E-state index contributed by atoms with van der Waals surface area (Å²) >= 11 is 0. The molecule has 1 amide bonds. The summed E-state index contributed by atoms with van der Waals surface area (Å²) in [6.45, 7) is 0. The minimum Gasteiger partial charge on any atom is -0.497 e. The van der Waals surface area contributed by atoms with Gasteiger partial charge in [-0.25, -0.2) is 0 Å². The smallest absolute Gasteiger partial charge is 0.250 e. The molecule has 0 spiro atoms. The Morgan fingerprint density at radius 1 is 1.40 bits per heavy atom. The number of amides is 1. The first-order valence-electron chi connectivity index (χ1n) is 4.44. The molecule has 0 aliphatic rings. The number of nitrogens with two attached hydrogens (primary N) is 1. The molecular weight excluding hydrogens is 192 g/mol. The lowest BCUT2D eigenvalue weighted by Gasteiger charge is -2.02. The van der Waals surface area contributed by atoms with Crippen molar-refractivity contribution in [3.63, 3.8) is 0 Å². The minimum absolute atomic E-state index is 0.410. The van der Waals surface area contributed by atoms with Gasteiger partial charge in [-0.15, -0.1) is 0 Å². The van der Waals surface area contributed by atoms with Crippen molar-refractivity contribution < 1.29 is 9.53 Å². The van der Waals surface area contributed by atoms with Gasteiger partial charge in [-0.05, 0) is 18.2 Å². The second-order valence-electron chi connectivity index (χ2n) is 3.15. The standard InChI is InChI=1S/C11H10N2O2/c1-15-9-3-2-7-4-8(11(12)14)6-13-10(7)5-9/h2-6H,1H3,(H2,12,14). The molecule has 0 atom stereocenters. The predicted octanol–water partition coefficient (Wildman–Crippen LogP) is 1.34. The van der Waals surface area contributed by atoms with Gasteiger partial charge in [-0.3, -0.25) is 9.78 Å². The summed E-state index contributed by atoms with van der Waals surface area (Å²) in [5.41, 5.74) is 6.34. The Bertz CT molecular complexity index is 523. The number of methoxy groups -OCH3 is 1. The molecule has 76 valence electrons. The van der Waals surface area contributed by atoms with E-state index >= 15 is 0 Å². The van der Waals surface area contributed by atoms with E-state index in [-0.39, 0.29) is 0 Å². The van der Waals surface area contributed by atoms with Crippen LogP contribution < -0.4 is 10.5 Å². The number of rotatable bonds is 2. The maximum Gasteiger partial charge on any atom is 0.250 e. The van der Waals surface area contributed by atoms with Gasteiger partial charge in [0, 0.05) is 17.6 Å². The summed E-state index contributed by atoms with van der Waals surface area (Å²) in [6.07, 6.45) is 1.46. The van der Waals surface area contributed by atoms with E-state index in [1.165, 1.54) is 6.20 Å². The van der Waals surface area contributed by atoms with Gasteiger partial charge in [-0.2, -0.15) is 0 Å². The monoisotopic (exact) mass is 202 g/mol. The van der Waals surface area contributed by atoms with Crippen molar-refractivity contribution in [2.75, 3.05) is 7.11 Å². The molecule has 1 heterocycles. The molecule has 0 aliphatic carbocycles. The molecule has 0 aliphatic heterocycles. The van der Waals surface area contributed by atoms with E-state index in [4.69, 9.17) is 10.5 Å². The number of nitrogens with zero attached hydrogens (tertiary/aromatic N) is 1. The van der Waals surface area contributed by atoms with Crippen molar-refractivity contribution in [3.05, 3.63) is 36.0 Å². The Morgan fingerprint density at radius 3 is 2.87 bits per heavy atom. The summed E-state index contributed by atoms with van der Waals surface area (Å²) in [6, 6.07) is 7.17. The molecule has 4 nitrogen and oxygen atoms in total. The fourth-order valence-electron chi connectivity index (χ4n) is 1.36. The van der Waals surface area contributed by atoms with Crippen LogP contribution in [0.1, 0.15) is 10.4 Å². The van der Waals surface area contributed by atoms with Gasteiger partial charge in [0.1, 0.15) is 5.75 Å². The summed E-state index contributed by atoms with van der Waals surface area (Å²) in [5.74, 6) is 0.266. The number of fused-ring (bicyclic) bond motifs is 1. The molecule has 1 aromatic heterocycles. The highest BCUT2D eigenvalue weighted by atomic mass is 16.5. The van der Waals surface area contributed by atoms with Crippen molar-refractivity contribution in [1.82, 2.24) is 4.98 Å². The highest BCUT2D eigenvalue weighted by Crippen LogP contribution is 2.19. The van der Waals surface area contributed by atoms with Crippen molar-refractivity contribution in [1.29, 1.82) is 0 Å². The zero-order valence-electron chi connectivity index (χ0n) is 8.23. The second kappa shape index (κ2) is 3.57. The van der Waals surface area contributed by atoms with Crippen LogP contribution in [-0.2, 0) is 0 Å². The van der Waals surface area contributed by atoms with E-state index in [0.29, 0.717) is 5.56 Å². The molecule has 2 N–H and O–H groups in total. The van der Waals surface area contributed by atoms with Crippen LogP contribution in [0, 0.1) is 0 Å². The zero-order chi connectivity index (χ0) is 10.8. The summed E-state index contributed by atoms with van der Waals surface area (Å²) in [4.78, 5) is 15.1. The van der Waals surface area contributed by atoms with Crippen LogP contribution in [0.25, 0.3) is 10.9 Å². The van der Waals surface area contributed by atoms with Gasteiger partial charge >= 0.3 is 0 Å². The van der Waals surface area contributed by atoms with Gasteiger partial charge in [0.05, 0.1) is 18.2 Å². The van der Waals surface area contributed by atoms with Gasteiger partial charge in [0.2, 0.25) is 5.91 Å². The summed E-state index contributed by atoms with van der Waals surface area (Å²) in [7, 11) is 1.60. The SMILES string of the molecule is COc1ccc2cc(C(N)=O)cnc2c1. The highest BCUT2D eigenvalue weighted by molar-refractivity contribution is 5.96. The molecule has 0 fully saturated rings. The van der Waals surface area contributed by atoms with E-state index in [2.05, 4.69) is 4.98 Å². The third kappa shape index (κ3) is 1.74. The third-order valence-corrected chi connectivity index (χ3v) is 2.18. The molecule has 0 bridgehead atoms. The number of aromatic nitrogens is 1. The number of hydrogen-bond acceptors (Lipinski definition) is 3. The molecule has 15 heavy (non-hydrogen) atoms. The molecule has 4 heteroatoms. The van der Waals surface area contributed by atoms with E-state index < -0.39 is 5.91 Å². The highest BCUT2D eigenvalue weighted by Gasteiger charge is 2.03. The molecule has 0 radical (unpaired) electrons. The van der Waals surface area contributed by atoms with Crippen LogP contribution in [0.15, 0.2) is 30.5 Å². The Balaban J connectivity index is 2.59. The Hall–Kier alpha value is -2.10. The Labute approximate surface area is 86.7 Å². The minimum atomic E-state index is -0.472. The topological polar surface area (TPSA) is 65.2 Å². The van der Waals surface area contributed by atoms with Crippen molar-refractivity contribution >= 4 is 16.8 Å². The van der Waals surface area contributed by atoms with Gasteiger partial charge in [-0.1, -0.05) is 0 Å². The van der Waals surface area contributed by atoms with Crippen LogP contribution in [0.5, 0.6) is 5.75 Å². The fourth-order valence-corrected chi connectivity index (χ4v) is 1.36. The summed E-state index contributed by atoms with van der Waals surface area (Å²) < 4.78 is 5.07. The van der Waals surface area contributed by atoms with Crippen LogP contribution in [0.4, 0.5) is 0 Å². The number of benzene rings is 1. The molecular formula is C11H10N2O2. The van der Waals surface area contributed by atoms with Crippen molar-refractivity contribution in [3.8, 4) is 5.75 Å². The first-order chi connectivity index (χ1) is 7.20. The van der Waals surface area contributed by atoms with Crippen LogP contribution in [0.2, 0.25) is 0 Å². The lowest BCUT2D eigenvalue weighted by atomic mass is 10.1. The fraction of sp³-hybridized carbons (Fsp3) is 0.0909. The predicted molar refractivity (Wildman–Crippen MR) is 56.8 cm³/mol. The number of primary amides is 1. The van der Waals surface area contributed by atoms with E-state index in [9.17, 15) is 4.79 Å². The summed E-state index contributed by atoms with van der Waals surface area (Å²) in [5, 5.41) is 0.868. The average Bonchev–Trinajstić information content (AvgIpc) is 2.27. The third-order valence-electron chi connectivity index (χ3n) is 2.18. The molecule has 0 unspecified atom stereocenters. The van der Waals surface area contributed by atoms with Gasteiger partial charge in [0.25, 0.3) is 0 Å². The number of pyridine rings is 1. The number of carbonyl (C=O) groups excluding carboxylic acids is 1. The van der Waals surface area contributed by atoms with E-state index in [1.807, 2.05) is 12.1 Å². The van der Waals surface area contributed by atoms with Crippen molar-refractivity contribution in [2.24, 2.45) is 5.73 Å². The average molecular weight is 202 g/mol. The van der Waals surface area contributed by atoms with E-state index in [1.54, 1.807) is 19.2 Å². The maximum absolute atomic E-state index is 10.9. The van der Waals surface area contributed by atoms with Crippen LogP contribution in [0.3, 0.4) is 0 Å². The van der Waals surface area contributed by atoms with Crippen LogP contribution in [-0.4, -0.2) is 18.0 Å². The molecule has 1 aromatic carbocycles. The molecule has 2 rings (SSSR count). The number of carbonyl (C=O) groups is 1. The maximum atomic E-state index is 10.9. The molecule has 0 saturated heterocycles.